The van der Waals surface area contributed by atoms with Gasteiger partial charge in [-0.15, -0.1) is 0 Å². The number of para-hydroxylation sites is 1. The molecule has 50 heavy (non-hydrogen) atoms. The molecular weight excluding hydrogens is 607 g/mol. The van der Waals surface area contributed by atoms with E-state index in [-0.39, 0.29) is 0 Å². The summed E-state index contributed by atoms with van der Waals surface area (Å²) >= 11 is 0. The molecule has 0 N–H and O–H groups in total. The van der Waals surface area contributed by atoms with Gasteiger partial charge in [-0.3, -0.25) is 0 Å². The maximum atomic E-state index is 6.64. The Morgan fingerprint density at radius 1 is 0.420 bits per heavy atom. The summed E-state index contributed by atoms with van der Waals surface area (Å²) < 4.78 is 6.64. The molecule has 2 nitrogen and oxygen atoms in total. The van der Waals surface area contributed by atoms with Gasteiger partial charge in [0.1, 0.15) is 11.2 Å². The lowest BCUT2D eigenvalue weighted by Gasteiger charge is -2.35. The van der Waals surface area contributed by atoms with E-state index in [0.717, 1.165) is 39.0 Å². The minimum atomic E-state index is -0.443. The summed E-state index contributed by atoms with van der Waals surface area (Å²) in [6.45, 7) is 2.41. The first-order valence-electron chi connectivity index (χ1n) is 17.3. The van der Waals surface area contributed by atoms with Crippen molar-refractivity contribution in [1.82, 2.24) is 0 Å². The van der Waals surface area contributed by atoms with Crippen LogP contribution in [-0.2, 0) is 5.41 Å². The zero-order chi connectivity index (χ0) is 33.2. The summed E-state index contributed by atoms with van der Waals surface area (Å²) in [5, 5.41) is 4.64. The molecule has 0 saturated carbocycles. The van der Waals surface area contributed by atoms with Crippen molar-refractivity contribution in [2.45, 2.75) is 12.3 Å². The highest BCUT2D eigenvalue weighted by Crippen LogP contribution is 2.56. The molecule has 1 heterocycles. The first kappa shape index (κ1) is 28.6. The average Bonchev–Trinajstić information content (AvgIpc) is 3.68. The Kier molecular flexibility index (Phi) is 6.34. The molecule has 0 amide bonds. The van der Waals surface area contributed by atoms with Gasteiger partial charge in [-0.1, -0.05) is 146 Å². The van der Waals surface area contributed by atoms with E-state index in [1.54, 1.807) is 0 Å². The maximum Gasteiger partial charge on any atom is 0.137 e. The zero-order valence-electron chi connectivity index (χ0n) is 27.7. The molecule has 2 heteroatoms. The van der Waals surface area contributed by atoms with E-state index in [0.29, 0.717) is 0 Å². The van der Waals surface area contributed by atoms with Crippen molar-refractivity contribution in [2.24, 2.45) is 0 Å². The molecule has 0 unspecified atom stereocenters. The number of hydrogen-bond acceptors (Lipinski definition) is 2. The first-order valence-corrected chi connectivity index (χ1v) is 17.3. The lowest BCUT2D eigenvalue weighted by atomic mass is 9.73. The minimum Gasteiger partial charge on any atom is -0.456 e. The molecule has 1 aliphatic rings. The van der Waals surface area contributed by atoms with E-state index in [4.69, 9.17) is 4.42 Å². The van der Waals surface area contributed by atoms with E-state index in [1.165, 1.54) is 49.7 Å². The third-order valence-electron chi connectivity index (χ3n) is 10.7. The van der Waals surface area contributed by atoms with Gasteiger partial charge in [0, 0.05) is 33.3 Å². The largest absolute Gasteiger partial charge is 0.456 e. The van der Waals surface area contributed by atoms with E-state index in [9.17, 15) is 0 Å². The molecule has 0 spiro atoms. The molecule has 8 aromatic carbocycles. The molecule has 0 aliphatic heterocycles. The Morgan fingerprint density at radius 2 is 1.02 bits per heavy atom. The SMILES string of the molecule is CC1(c2cc3c(cc2N(c2ccc(-c4ccccc4)cc2)c2cccc4ccccc24)oc2ccccc23)c2ccccc2-c2ccccc21. The van der Waals surface area contributed by atoms with Crippen molar-refractivity contribution < 1.29 is 4.42 Å². The second-order valence-corrected chi connectivity index (χ2v) is 13.4. The fraction of sp³-hybridized carbons (Fsp3) is 0.0417. The number of furan rings is 1. The van der Waals surface area contributed by atoms with Gasteiger partial charge in [-0.2, -0.15) is 0 Å². The van der Waals surface area contributed by atoms with Gasteiger partial charge >= 0.3 is 0 Å². The molecule has 236 valence electrons. The third kappa shape index (κ3) is 4.22. The Labute approximate surface area is 291 Å². The van der Waals surface area contributed by atoms with Crippen LogP contribution in [0, 0.1) is 0 Å². The van der Waals surface area contributed by atoms with Crippen LogP contribution < -0.4 is 4.90 Å². The van der Waals surface area contributed by atoms with E-state index < -0.39 is 5.41 Å². The highest BCUT2D eigenvalue weighted by molar-refractivity contribution is 6.08. The van der Waals surface area contributed by atoms with Crippen LogP contribution in [-0.4, -0.2) is 0 Å². The number of nitrogens with zero attached hydrogens (tertiary/aromatic N) is 1. The maximum absolute atomic E-state index is 6.64. The highest BCUT2D eigenvalue weighted by atomic mass is 16.3. The van der Waals surface area contributed by atoms with Crippen molar-refractivity contribution in [3.8, 4) is 22.3 Å². The number of fused-ring (bicyclic) bond motifs is 7. The molecule has 10 rings (SSSR count). The predicted molar refractivity (Wildman–Crippen MR) is 209 cm³/mol. The smallest absolute Gasteiger partial charge is 0.137 e. The Hall–Kier alpha value is -6.38. The number of hydrogen-bond donors (Lipinski definition) is 0. The Balaban J connectivity index is 1.32. The van der Waals surface area contributed by atoms with Crippen molar-refractivity contribution >= 4 is 49.8 Å². The van der Waals surface area contributed by atoms with Crippen LogP contribution >= 0.6 is 0 Å². The molecule has 0 saturated heterocycles. The van der Waals surface area contributed by atoms with Crippen LogP contribution in [0.1, 0.15) is 23.6 Å². The van der Waals surface area contributed by atoms with Crippen LogP contribution in [0.15, 0.2) is 186 Å². The topological polar surface area (TPSA) is 16.4 Å². The summed E-state index contributed by atoms with van der Waals surface area (Å²) in [5.74, 6) is 0. The normalized spacial score (nSPS) is 13.1. The van der Waals surface area contributed by atoms with Gasteiger partial charge in [-0.25, -0.2) is 0 Å². The average molecular weight is 640 g/mol. The van der Waals surface area contributed by atoms with Crippen molar-refractivity contribution in [1.29, 1.82) is 0 Å². The third-order valence-corrected chi connectivity index (χ3v) is 10.7. The summed E-state index contributed by atoms with van der Waals surface area (Å²) in [7, 11) is 0. The second-order valence-electron chi connectivity index (χ2n) is 13.4. The van der Waals surface area contributed by atoms with Crippen LogP contribution in [0.2, 0.25) is 0 Å². The summed E-state index contributed by atoms with van der Waals surface area (Å²) in [4.78, 5) is 2.45. The van der Waals surface area contributed by atoms with Crippen LogP contribution in [0.5, 0.6) is 0 Å². The number of anilines is 3. The Morgan fingerprint density at radius 3 is 1.78 bits per heavy atom. The predicted octanol–water partition coefficient (Wildman–Crippen LogP) is 13.2. The monoisotopic (exact) mass is 639 g/mol. The highest BCUT2D eigenvalue weighted by Gasteiger charge is 2.43. The minimum absolute atomic E-state index is 0.443. The first-order chi connectivity index (χ1) is 24.7. The van der Waals surface area contributed by atoms with Crippen LogP contribution in [0.25, 0.3) is 55.0 Å². The van der Waals surface area contributed by atoms with Gasteiger partial charge in [0.15, 0.2) is 0 Å². The molecule has 0 atom stereocenters. The molecule has 9 aromatic rings. The quantitative estimate of drug-likeness (QED) is 0.186. The van der Waals surface area contributed by atoms with Crippen LogP contribution in [0.4, 0.5) is 17.1 Å². The van der Waals surface area contributed by atoms with Gasteiger partial charge in [0.2, 0.25) is 0 Å². The lowest BCUT2D eigenvalue weighted by molar-refractivity contribution is 0.667. The van der Waals surface area contributed by atoms with Crippen LogP contribution in [0.3, 0.4) is 0 Å². The molecule has 0 bridgehead atoms. The van der Waals surface area contributed by atoms with Gasteiger partial charge < -0.3 is 9.32 Å². The van der Waals surface area contributed by atoms with Gasteiger partial charge in [0.25, 0.3) is 0 Å². The Bertz CT molecular complexity index is 2670. The molecular formula is C48H33NO. The molecule has 0 fully saturated rings. The van der Waals surface area contributed by atoms with E-state index in [2.05, 4.69) is 188 Å². The fourth-order valence-corrected chi connectivity index (χ4v) is 8.33. The van der Waals surface area contributed by atoms with Gasteiger partial charge in [0.05, 0.1) is 11.4 Å². The standard InChI is InChI=1S/C48H33NO/c1-48(41-22-10-7-19-37(41)38-20-8-11-23-42(38)48)43-30-40-39-21-9-12-25-46(39)50-47(40)31-45(43)49(44-24-13-17-34-16-5-6-18-36(34)44)35-28-26-33(27-29-35)32-14-3-2-4-15-32/h2-31H,1H3. The summed E-state index contributed by atoms with van der Waals surface area (Å²) in [6.07, 6.45) is 0. The van der Waals surface area contributed by atoms with Crippen molar-refractivity contribution in [3.05, 3.63) is 199 Å². The fourth-order valence-electron chi connectivity index (χ4n) is 8.33. The number of benzene rings is 8. The summed E-state index contributed by atoms with van der Waals surface area (Å²) in [5.41, 5.74) is 13.4. The number of rotatable bonds is 5. The summed E-state index contributed by atoms with van der Waals surface area (Å²) in [6, 6.07) is 65.8. The molecule has 1 aliphatic carbocycles. The van der Waals surface area contributed by atoms with Crippen molar-refractivity contribution in [2.75, 3.05) is 4.90 Å². The second kappa shape index (κ2) is 11.1. The van der Waals surface area contributed by atoms with Gasteiger partial charge in [-0.05, 0) is 81.6 Å². The molecule has 0 radical (unpaired) electrons. The lowest BCUT2D eigenvalue weighted by Crippen LogP contribution is -2.26. The molecule has 1 aromatic heterocycles. The zero-order valence-corrected chi connectivity index (χ0v) is 27.7. The van der Waals surface area contributed by atoms with E-state index >= 15 is 0 Å². The van der Waals surface area contributed by atoms with Crippen molar-refractivity contribution in [3.63, 3.8) is 0 Å². The van der Waals surface area contributed by atoms with E-state index in [1.807, 2.05) is 6.07 Å².